The quantitative estimate of drug-likeness (QED) is 0.723. The topological polar surface area (TPSA) is 95.6 Å². The van der Waals surface area contributed by atoms with Gasteiger partial charge in [0.1, 0.15) is 0 Å². The lowest BCUT2D eigenvalue weighted by Gasteiger charge is -2.28. The number of hydrogen-bond acceptors (Lipinski definition) is 4. The molecule has 0 aromatic heterocycles. The molecule has 1 aliphatic rings. The van der Waals surface area contributed by atoms with Gasteiger partial charge in [0.2, 0.25) is 15.9 Å². The summed E-state index contributed by atoms with van der Waals surface area (Å²) >= 11 is 6.10. The molecule has 1 saturated heterocycles. The minimum atomic E-state index is -3.35. The summed E-state index contributed by atoms with van der Waals surface area (Å²) in [7, 11) is -3.35. The maximum Gasteiger partial charge on any atom is 0.252 e. The van der Waals surface area contributed by atoms with E-state index in [1.165, 1.54) is 23.4 Å². The van der Waals surface area contributed by atoms with Crippen LogP contribution in [0.25, 0.3) is 0 Å². The first-order valence-corrected chi connectivity index (χ1v) is 10.1. The van der Waals surface area contributed by atoms with Crippen molar-refractivity contribution in [3.63, 3.8) is 0 Å². The Bertz CT molecular complexity index is 752. The average molecular weight is 388 g/mol. The van der Waals surface area contributed by atoms with Gasteiger partial charge in [-0.3, -0.25) is 13.9 Å². The Balaban J connectivity index is 2.05. The fourth-order valence-corrected chi connectivity index (χ4v) is 4.41. The molecule has 0 aliphatic carbocycles. The molecule has 2 rings (SSSR count). The number of carbonyl (C=O) groups excluding carboxylic acids is 2. The molecule has 138 valence electrons. The van der Waals surface area contributed by atoms with Crippen LogP contribution in [0, 0.1) is 0 Å². The van der Waals surface area contributed by atoms with Crippen LogP contribution in [0.2, 0.25) is 5.02 Å². The van der Waals surface area contributed by atoms with E-state index in [0.717, 1.165) is 6.42 Å². The van der Waals surface area contributed by atoms with Crippen molar-refractivity contribution in [2.45, 2.75) is 26.2 Å². The van der Waals surface area contributed by atoms with Crippen LogP contribution in [-0.2, 0) is 14.8 Å². The minimum Gasteiger partial charge on any atom is -0.356 e. The van der Waals surface area contributed by atoms with Crippen molar-refractivity contribution in [2.75, 3.05) is 29.7 Å². The lowest BCUT2D eigenvalue weighted by atomic mass is 10.1. The second-order valence-corrected chi connectivity index (χ2v) is 8.27. The van der Waals surface area contributed by atoms with Crippen molar-refractivity contribution in [1.82, 2.24) is 10.6 Å². The monoisotopic (exact) mass is 387 g/mol. The molecule has 0 atom stereocenters. The number of nitrogens with zero attached hydrogens (tertiary/aromatic N) is 1. The lowest BCUT2D eigenvalue weighted by molar-refractivity contribution is -0.118. The third kappa shape index (κ3) is 5.34. The number of benzene rings is 1. The molecule has 0 bridgehead atoms. The van der Waals surface area contributed by atoms with Gasteiger partial charge in [0, 0.05) is 26.6 Å². The van der Waals surface area contributed by atoms with E-state index in [1.54, 1.807) is 6.07 Å². The van der Waals surface area contributed by atoms with Crippen LogP contribution in [0.15, 0.2) is 18.2 Å². The molecule has 2 N–H and O–H groups in total. The predicted octanol–water partition coefficient (Wildman–Crippen LogP) is 1.53. The first-order chi connectivity index (χ1) is 11.8. The summed E-state index contributed by atoms with van der Waals surface area (Å²) in [5, 5.41) is 5.63. The third-order valence-corrected chi connectivity index (χ3v) is 6.04. The Hall–Kier alpha value is -1.80. The van der Waals surface area contributed by atoms with E-state index in [1.807, 2.05) is 0 Å². The van der Waals surface area contributed by atoms with E-state index < -0.39 is 10.0 Å². The van der Waals surface area contributed by atoms with Crippen molar-refractivity contribution in [1.29, 1.82) is 0 Å². The molecule has 0 unspecified atom stereocenters. The van der Waals surface area contributed by atoms with Gasteiger partial charge >= 0.3 is 0 Å². The maximum absolute atomic E-state index is 12.3. The normalized spacial score (nSPS) is 16.3. The standard InChI is InChI=1S/C16H22ClN3O4S/c1-12(21)18-7-4-8-19-16(22)14-11-13(5-6-15(14)17)20-9-2-3-10-25(20,23)24/h5-6,11H,2-4,7-10H2,1H3,(H,18,21)(H,19,22). The molecule has 0 spiro atoms. The molecule has 0 saturated carbocycles. The Morgan fingerprint density at radius 1 is 1.20 bits per heavy atom. The highest BCUT2D eigenvalue weighted by molar-refractivity contribution is 7.92. The van der Waals surface area contributed by atoms with Crippen molar-refractivity contribution in [3.05, 3.63) is 28.8 Å². The molecule has 1 fully saturated rings. The Labute approximate surface area is 152 Å². The molecule has 9 heteroatoms. The summed E-state index contributed by atoms with van der Waals surface area (Å²) in [4.78, 5) is 23.1. The molecular weight excluding hydrogens is 366 g/mol. The summed E-state index contributed by atoms with van der Waals surface area (Å²) in [5.41, 5.74) is 0.687. The number of amides is 2. The van der Waals surface area contributed by atoms with E-state index >= 15 is 0 Å². The number of carbonyl (C=O) groups is 2. The SMILES string of the molecule is CC(=O)NCCCNC(=O)c1cc(N2CCCCS2(=O)=O)ccc1Cl. The fourth-order valence-electron chi connectivity index (χ4n) is 2.57. The molecule has 1 aromatic rings. The van der Waals surface area contributed by atoms with Gasteiger partial charge in [-0.25, -0.2) is 8.42 Å². The second kappa shape index (κ2) is 8.53. The van der Waals surface area contributed by atoms with Gasteiger partial charge in [-0.15, -0.1) is 0 Å². The summed E-state index contributed by atoms with van der Waals surface area (Å²) in [5.74, 6) is -0.380. The molecule has 1 aromatic carbocycles. The van der Waals surface area contributed by atoms with E-state index in [-0.39, 0.29) is 28.2 Å². The van der Waals surface area contributed by atoms with Gasteiger partial charge in [0.05, 0.1) is 22.0 Å². The van der Waals surface area contributed by atoms with E-state index in [2.05, 4.69) is 10.6 Å². The highest BCUT2D eigenvalue weighted by Gasteiger charge is 2.27. The van der Waals surface area contributed by atoms with Gasteiger partial charge in [-0.2, -0.15) is 0 Å². The smallest absolute Gasteiger partial charge is 0.252 e. The first kappa shape index (κ1) is 19.5. The van der Waals surface area contributed by atoms with Crippen LogP contribution < -0.4 is 14.9 Å². The summed E-state index contributed by atoms with van der Waals surface area (Å²) < 4.78 is 25.7. The molecule has 1 heterocycles. The number of anilines is 1. The number of hydrogen-bond donors (Lipinski definition) is 2. The molecule has 25 heavy (non-hydrogen) atoms. The van der Waals surface area contributed by atoms with Crippen molar-refractivity contribution < 1.29 is 18.0 Å². The van der Waals surface area contributed by atoms with E-state index in [9.17, 15) is 18.0 Å². The van der Waals surface area contributed by atoms with Crippen molar-refractivity contribution >= 4 is 39.1 Å². The van der Waals surface area contributed by atoms with Gasteiger partial charge in [0.15, 0.2) is 0 Å². The lowest BCUT2D eigenvalue weighted by Crippen LogP contribution is -2.38. The summed E-state index contributed by atoms with van der Waals surface area (Å²) in [6, 6.07) is 4.65. The van der Waals surface area contributed by atoms with Gasteiger partial charge in [-0.05, 0) is 37.5 Å². The first-order valence-electron chi connectivity index (χ1n) is 8.14. The van der Waals surface area contributed by atoms with E-state index in [4.69, 9.17) is 11.6 Å². The Morgan fingerprint density at radius 2 is 1.92 bits per heavy atom. The van der Waals surface area contributed by atoms with Gasteiger partial charge in [0.25, 0.3) is 5.91 Å². The zero-order chi connectivity index (χ0) is 18.4. The third-order valence-electron chi connectivity index (χ3n) is 3.84. The zero-order valence-electron chi connectivity index (χ0n) is 14.0. The summed E-state index contributed by atoms with van der Waals surface area (Å²) in [6.45, 7) is 2.68. The fraction of sp³-hybridized carbons (Fsp3) is 0.500. The van der Waals surface area contributed by atoms with Crippen molar-refractivity contribution in [3.8, 4) is 0 Å². The molecular formula is C16H22ClN3O4S. The summed E-state index contributed by atoms with van der Waals surface area (Å²) in [6.07, 6.45) is 2.02. The Kier molecular flexibility index (Phi) is 6.66. The predicted molar refractivity (Wildman–Crippen MR) is 97.5 cm³/mol. The molecule has 0 radical (unpaired) electrons. The van der Waals surface area contributed by atoms with Crippen LogP contribution in [0.4, 0.5) is 5.69 Å². The minimum absolute atomic E-state index is 0.111. The highest BCUT2D eigenvalue weighted by Crippen LogP contribution is 2.27. The van der Waals surface area contributed by atoms with Crippen LogP contribution in [0.1, 0.15) is 36.5 Å². The van der Waals surface area contributed by atoms with Crippen LogP contribution in [0.3, 0.4) is 0 Å². The number of halogens is 1. The maximum atomic E-state index is 12.3. The Morgan fingerprint density at radius 3 is 2.60 bits per heavy atom. The largest absolute Gasteiger partial charge is 0.356 e. The average Bonchev–Trinajstić information content (AvgIpc) is 2.54. The second-order valence-electron chi connectivity index (χ2n) is 5.85. The van der Waals surface area contributed by atoms with Crippen LogP contribution in [-0.4, -0.2) is 45.6 Å². The van der Waals surface area contributed by atoms with E-state index in [0.29, 0.717) is 38.2 Å². The number of nitrogens with one attached hydrogen (secondary N) is 2. The molecule has 2 amide bonds. The number of sulfonamides is 1. The van der Waals surface area contributed by atoms with Crippen LogP contribution in [0.5, 0.6) is 0 Å². The van der Waals surface area contributed by atoms with Gasteiger partial charge < -0.3 is 10.6 Å². The highest BCUT2D eigenvalue weighted by atomic mass is 35.5. The van der Waals surface area contributed by atoms with Crippen molar-refractivity contribution in [2.24, 2.45) is 0 Å². The van der Waals surface area contributed by atoms with Gasteiger partial charge in [-0.1, -0.05) is 11.6 Å². The molecule has 1 aliphatic heterocycles. The van der Waals surface area contributed by atoms with Crippen LogP contribution >= 0.6 is 11.6 Å². The zero-order valence-corrected chi connectivity index (χ0v) is 15.6. The number of rotatable bonds is 6. The molecule has 7 nitrogen and oxygen atoms in total.